The van der Waals surface area contributed by atoms with E-state index in [0.717, 1.165) is 0 Å². The van der Waals surface area contributed by atoms with Gasteiger partial charge in [-0.15, -0.1) is 0 Å². The summed E-state index contributed by atoms with van der Waals surface area (Å²) in [5.41, 5.74) is 0.505. The van der Waals surface area contributed by atoms with Crippen molar-refractivity contribution in [3.8, 4) is 0 Å². The number of halogens is 1. The highest BCUT2D eigenvalue weighted by molar-refractivity contribution is 7.91. The van der Waals surface area contributed by atoms with Gasteiger partial charge in [0, 0.05) is 13.5 Å². The van der Waals surface area contributed by atoms with Gasteiger partial charge < -0.3 is 15.0 Å². The van der Waals surface area contributed by atoms with Crippen molar-refractivity contribution in [1.29, 1.82) is 0 Å². The average Bonchev–Trinajstić information content (AvgIpc) is 3.07. The van der Waals surface area contributed by atoms with E-state index in [-0.39, 0.29) is 42.9 Å². The van der Waals surface area contributed by atoms with E-state index in [9.17, 15) is 22.4 Å². The monoisotopic (exact) mass is 371 g/mol. The second-order valence-electron chi connectivity index (χ2n) is 6.03. The van der Waals surface area contributed by atoms with Gasteiger partial charge in [-0.25, -0.2) is 17.6 Å². The van der Waals surface area contributed by atoms with Gasteiger partial charge >= 0.3 is 6.09 Å². The van der Waals surface area contributed by atoms with E-state index in [2.05, 4.69) is 5.32 Å². The first-order chi connectivity index (χ1) is 11.7. The maximum absolute atomic E-state index is 14.4. The molecular formula is C15H18FN3O5S. The maximum Gasteiger partial charge on any atom is 0.414 e. The Morgan fingerprint density at radius 3 is 2.80 bits per heavy atom. The largest absolute Gasteiger partial charge is 0.442 e. The number of rotatable bonds is 4. The van der Waals surface area contributed by atoms with Crippen molar-refractivity contribution in [1.82, 2.24) is 5.32 Å². The van der Waals surface area contributed by atoms with E-state index in [4.69, 9.17) is 4.74 Å². The molecule has 0 bridgehead atoms. The van der Waals surface area contributed by atoms with E-state index in [1.165, 1.54) is 28.9 Å². The smallest absolute Gasteiger partial charge is 0.414 e. The van der Waals surface area contributed by atoms with Crippen LogP contribution in [0.4, 0.5) is 20.6 Å². The number of carbonyl (C=O) groups is 2. The standard InChI is InChI=1S/C15H18FN3O5S/c1-10(20)17-7-12-8-19(15(21)24-12)11-2-3-14(13(16)6-11)18-4-5-25(22,23)9-18/h2-3,6,12H,4-5,7-9H2,1H3,(H,17,20). The number of cyclic esters (lactones) is 1. The van der Waals surface area contributed by atoms with Gasteiger partial charge in [0.25, 0.3) is 0 Å². The number of carbonyl (C=O) groups excluding carboxylic acids is 2. The summed E-state index contributed by atoms with van der Waals surface area (Å²) in [6.45, 7) is 1.98. The molecule has 1 aromatic rings. The molecule has 2 aliphatic rings. The molecule has 2 fully saturated rings. The van der Waals surface area contributed by atoms with Crippen LogP contribution in [0.1, 0.15) is 6.92 Å². The zero-order valence-corrected chi connectivity index (χ0v) is 14.4. The molecule has 1 atom stereocenters. The lowest BCUT2D eigenvalue weighted by Gasteiger charge is -2.19. The van der Waals surface area contributed by atoms with Crippen molar-refractivity contribution >= 4 is 33.2 Å². The topological polar surface area (TPSA) is 96.0 Å². The molecule has 0 aromatic heterocycles. The Labute approximate surface area is 144 Å². The van der Waals surface area contributed by atoms with Crippen molar-refractivity contribution < 1.29 is 27.1 Å². The van der Waals surface area contributed by atoms with Crippen molar-refractivity contribution in [2.24, 2.45) is 0 Å². The third-order valence-electron chi connectivity index (χ3n) is 4.06. The number of nitrogens with one attached hydrogen (secondary N) is 1. The molecule has 136 valence electrons. The maximum atomic E-state index is 14.4. The van der Waals surface area contributed by atoms with Crippen LogP contribution in [0.2, 0.25) is 0 Å². The van der Waals surface area contributed by atoms with Crippen LogP contribution in [-0.2, 0) is 19.4 Å². The van der Waals surface area contributed by atoms with E-state index < -0.39 is 27.9 Å². The van der Waals surface area contributed by atoms with Crippen LogP contribution in [0, 0.1) is 5.82 Å². The van der Waals surface area contributed by atoms with E-state index in [0.29, 0.717) is 5.69 Å². The van der Waals surface area contributed by atoms with Gasteiger partial charge in [0.1, 0.15) is 17.8 Å². The van der Waals surface area contributed by atoms with E-state index >= 15 is 0 Å². The Kier molecular flexibility index (Phi) is 4.55. The molecule has 0 spiro atoms. The fraction of sp³-hybridized carbons (Fsp3) is 0.467. The summed E-state index contributed by atoms with van der Waals surface area (Å²) < 4.78 is 42.6. The van der Waals surface area contributed by atoms with Gasteiger partial charge in [-0.2, -0.15) is 0 Å². The lowest BCUT2D eigenvalue weighted by Crippen LogP contribution is -2.33. The van der Waals surface area contributed by atoms with Crippen molar-refractivity contribution in [2.75, 3.05) is 41.1 Å². The molecule has 2 amide bonds. The minimum absolute atomic E-state index is 0.00251. The summed E-state index contributed by atoms with van der Waals surface area (Å²) in [7, 11) is -3.18. The first-order valence-corrected chi connectivity index (χ1v) is 9.55. The van der Waals surface area contributed by atoms with Crippen LogP contribution in [-0.4, -0.2) is 57.8 Å². The summed E-state index contributed by atoms with van der Waals surface area (Å²) in [6.07, 6.45) is -1.13. The highest BCUT2D eigenvalue weighted by Crippen LogP contribution is 2.29. The summed E-state index contributed by atoms with van der Waals surface area (Å²) in [4.78, 5) is 25.6. The highest BCUT2D eigenvalue weighted by Gasteiger charge is 2.33. The predicted molar refractivity (Wildman–Crippen MR) is 88.7 cm³/mol. The average molecular weight is 371 g/mol. The molecule has 25 heavy (non-hydrogen) atoms. The molecule has 0 radical (unpaired) electrons. The number of anilines is 2. The molecule has 1 unspecified atom stereocenters. The van der Waals surface area contributed by atoms with Crippen LogP contribution in [0.5, 0.6) is 0 Å². The molecule has 1 aromatic carbocycles. The number of ether oxygens (including phenoxy) is 1. The van der Waals surface area contributed by atoms with Crippen molar-refractivity contribution in [3.63, 3.8) is 0 Å². The minimum atomic E-state index is -3.18. The molecule has 8 nitrogen and oxygen atoms in total. The van der Waals surface area contributed by atoms with Gasteiger partial charge in [-0.05, 0) is 18.2 Å². The van der Waals surface area contributed by atoms with Crippen molar-refractivity contribution in [3.05, 3.63) is 24.0 Å². The lowest BCUT2D eigenvalue weighted by atomic mass is 10.2. The molecule has 0 saturated carbocycles. The Morgan fingerprint density at radius 1 is 1.44 bits per heavy atom. The van der Waals surface area contributed by atoms with Crippen LogP contribution < -0.4 is 15.1 Å². The Morgan fingerprint density at radius 2 is 2.20 bits per heavy atom. The summed E-state index contributed by atoms with van der Waals surface area (Å²) in [5.74, 6) is -1.05. The quantitative estimate of drug-likeness (QED) is 0.827. The molecule has 0 aliphatic carbocycles. The number of benzene rings is 1. The molecule has 1 N–H and O–H groups in total. The summed E-state index contributed by atoms with van der Waals surface area (Å²) >= 11 is 0. The number of amides is 2. The minimum Gasteiger partial charge on any atom is -0.442 e. The molecule has 2 saturated heterocycles. The molecule has 2 aliphatic heterocycles. The van der Waals surface area contributed by atoms with E-state index in [1.54, 1.807) is 6.07 Å². The summed E-state index contributed by atoms with van der Waals surface area (Å²) in [5, 5.41) is 2.56. The Bertz CT molecular complexity index is 813. The van der Waals surface area contributed by atoms with Gasteiger partial charge in [-0.1, -0.05) is 0 Å². The van der Waals surface area contributed by atoms with Gasteiger partial charge in [0.05, 0.1) is 30.2 Å². The number of sulfone groups is 1. The normalized spacial score (nSPS) is 22.2. The lowest BCUT2D eigenvalue weighted by molar-refractivity contribution is -0.119. The fourth-order valence-corrected chi connectivity index (χ4v) is 4.19. The first-order valence-electron chi connectivity index (χ1n) is 7.73. The highest BCUT2D eigenvalue weighted by atomic mass is 32.2. The zero-order valence-electron chi connectivity index (χ0n) is 13.6. The van der Waals surface area contributed by atoms with Gasteiger partial charge in [0.2, 0.25) is 5.91 Å². The third-order valence-corrected chi connectivity index (χ3v) is 5.57. The number of hydrogen-bond acceptors (Lipinski definition) is 6. The number of hydrogen-bond donors (Lipinski definition) is 1. The van der Waals surface area contributed by atoms with Crippen LogP contribution in [0.25, 0.3) is 0 Å². The molecule has 3 rings (SSSR count). The molecule has 10 heteroatoms. The predicted octanol–water partition coefficient (Wildman–Crippen LogP) is 0.479. The fourth-order valence-electron chi connectivity index (χ4n) is 2.82. The van der Waals surface area contributed by atoms with Crippen molar-refractivity contribution in [2.45, 2.75) is 13.0 Å². The second kappa shape index (κ2) is 6.51. The van der Waals surface area contributed by atoms with E-state index in [1.807, 2.05) is 0 Å². The van der Waals surface area contributed by atoms with Crippen LogP contribution in [0.15, 0.2) is 18.2 Å². The Balaban J connectivity index is 1.72. The molecule has 2 heterocycles. The second-order valence-corrected chi connectivity index (χ2v) is 8.18. The SMILES string of the molecule is CC(=O)NCC1CN(c2ccc(N3CCS(=O)(=O)C3)c(F)c2)C(=O)O1. The van der Waals surface area contributed by atoms with Gasteiger partial charge in [-0.3, -0.25) is 9.69 Å². The zero-order chi connectivity index (χ0) is 18.2. The Hall–Kier alpha value is -2.36. The van der Waals surface area contributed by atoms with Crippen LogP contribution in [0.3, 0.4) is 0 Å². The van der Waals surface area contributed by atoms with Gasteiger partial charge in [0.15, 0.2) is 9.84 Å². The first kappa shape index (κ1) is 17.5. The van der Waals surface area contributed by atoms with Crippen LogP contribution >= 0.6 is 0 Å². The third kappa shape index (κ3) is 3.84. The molecular weight excluding hydrogens is 353 g/mol. The summed E-state index contributed by atoms with van der Waals surface area (Å²) in [6, 6.07) is 4.19. The number of nitrogens with zero attached hydrogens (tertiary/aromatic N) is 2.